The van der Waals surface area contributed by atoms with Gasteiger partial charge in [0.25, 0.3) is 0 Å². The van der Waals surface area contributed by atoms with E-state index in [-0.39, 0.29) is 23.0 Å². The molecule has 0 aliphatic rings. The number of carbonyl (C=O) groups excluding carboxylic acids is 1. The van der Waals surface area contributed by atoms with Crippen LogP contribution in [0.2, 0.25) is 0 Å². The molecule has 0 fully saturated rings. The lowest BCUT2D eigenvalue weighted by molar-refractivity contribution is -0.113. The molecule has 6 nitrogen and oxygen atoms in total. The van der Waals surface area contributed by atoms with Crippen molar-refractivity contribution in [2.24, 2.45) is 0 Å². The van der Waals surface area contributed by atoms with Crippen molar-refractivity contribution < 1.29 is 24.5 Å². The summed E-state index contributed by atoms with van der Waals surface area (Å²) in [5, 5.41) is 20.7. The average Bonchev–Trinajstić information content (AvgIpc) is 2.36. The molecule has 0 aliphatic carbocycles. The minimum atomic E-state index is -1.25. The Morgan fingerprint density at radius 3 is 2.79 bits per heavy atom. The van der Waals surface area contributed by atoms with Crippen molar-refractivity contribution in [3.05, 3.63) is 23.8 Å². The molecular formula is C12H15NO5S. The van der Waals surface area contributed by atoms with Crippen molar-refractivity contribution in [1.29, 1.82) is 0 Å². The van der Waals surface area contributed by atoms with E-state index in [0.29, 0.717) is 18.0 Å². The largest absolute Gasteiger partial charge is 0.507 e. The third-order valence-corrected chi connectivity index (χ3v) is 3.10. The summed E-state index contributed by atoms with van der Waals surface area (Å²) in [6.07, 6.45) is 0. The van der Waals surface area contributed by atoms with Crippen molar-refractivity contribution in [3.8, 4) is 5.75 Å². The number of anilines is 1. The average molecular weight is 285 g/mol. The second-order valence-electron chi connectivity index (χ2n) is 3.63. The molecule has 1 amide bonds. The lowest BCUT2D eigenvalue weighted by Gasteiger charge is -2.07. The first-order chi connectivity index (χ1) is 9.04. The van der Waals surface area contributed by atoms with E-state index < -0.39 is 5.97 Å². The molecule has 0 bridgehead atoms. The first kappa shape index (κ1) is 15.3. The van der Waals surface area contributed by atoms with Gasteiger partial charge >= 0.3 is 5.97 Å². The van der Waals surface area contributed by atoms with Crippen molar-refractivity contribution >= 4 is 29.3 Å². The number of aromatic carboxylic acids is 1. The monoisotopic (exact) mass is 285 g/mol. The van der Waals surface area contributed by atoms with Gasteiger partial charge in [-0.3, -0.25) is 4.79 Å². The summed E-state index contributed by atoms with van der Waals surface area (Å²) in [6.45, 7) is 0.570. The molecule has 1 aromatic carbocycles. The maximum Gasteiger partial charge on any atom is 0.339 e. The molecule has 0 radical (unpaired) electrons. The quantitative estimate of drug-likeness (QED) is 0.518. The zero-order valence-electron chi connectivity index (χ0n) is 10.4. The van der Waals surface area contributed by atoms with E-state index in [9.17, 15) is 14.7 Å². The molecule has 0 saturated heterocycles. The van der Waals surface area contributed by atoms with Gasteiger partial charge in [0.1, 0.15) is 11.3 Å². The summed E-state index contributed by atoms with van der Waals surface area (Å²) in [5.74, 6) is -0.849. The number of ether oxygens (including phenoxy) is 1. The molecule has 0 spiro atoms. The van der Waals surface area contributed by atoms with Crippen LogP contribution in [-0.2, 0) is 9.53 Å². The normalized spacial score (nSPS) is 10.2. The SMILES string of the molecule is COCCSCC(=O)Nc1ccc(O)c(C(=O)O)c1. The number of aromatic hydroxyl groups is 1. The lowest BCUT2D eigenvalue weighted by atomic mass is 10.2. The number of nitrogens with one attached hydrogen (secondary N) is 1. The van der Waals surface area contributed by atoms with Gasteiger partial charge in [-0.15, -0.1) is 11.8 Å². The zero-order chi connectivity index (χ0) is 14.3. The van der Waals surface area contributed by atoms with Crippen LogP contribution >= 0.6 is 11.8 Å². The molecular weight excluding hydrogens is 270 g/mol. The van der Waals surface area contributed by atoms with Gasteiger partial charge in [0.2, 0.25) is 5.91 Å². The molecule has 104 valence electrons. The molecule has 1 rings (SSSR count). The molecule has 1 aromatic rings. The van der Waals surface area contributed by atoms with E-state index >= 15 is 0 Å². The van der Waals surface area contributed by atoms with E-state index in [1.807, 2.05) is 0 Å². The number of rotatable bonds is 7. The number of benzene rings is 1. The van der Waals surface area contributed by atoms with Crippen molar-refractivity contribution in [1.82, 2.24) is 0 Å². The van der Waals surface area contributed by atoms with E-state index in [4.69, 9.17) is 9.84 Å². The molecule has 0 atom stereocenters. The van der Waals surface area contributed by atoms with Gasteiger partial charge < -0.3 is 20.3 Å². The number of carboxylic acids is 1. The Labute approximate surface area is 114 Å². The number of phenols is 1. The number of hydrogen-bond acceptors (Lipinski definition) is 5. The number of carbonyl (C=O) groups is 2. The van der Waals surface area contributed by atoms with Gasteiger partial charge in [-0.2, -0.15) is 0 Å². The maximum absolute atomic E-state index is 11.6. The summed E-state index contributed by atoms with van der Waals surface area (Å²) in [4.78, 5) is 22.4. The van der Waals surface area contributed by atoms with Gasteiger partial charge in [-0.25, -0.2) is 4.79 Å². The van der Waals surface area contributed by atoms with Crippen LogP contribution in [0.3, 0.4) is 0 Å². The van der Waals surface area contributed by atoms with Gasteiger partial charge in [0, 0.05) is 18.6 Å². The molecule has 0 aliphatic heterocycles. The first-order valence-electron chi connectivity index (χ1n) is 5.47. The maximum atomic E-state index is 11.6. The third-order valence-electron chi connectivity index (χ3n) is 2.18. The number of thioether (sulfide) groups is 1. The second kappa shape index (κ2) is 7.65. The Bertz CT molecular complexity index is 463. The number of methoxy groups -OCH3 is 1. The highest BCUT2D eigenvalue weighted by Crippen LogP contribution is 2.21. The molecule has 0 saturated carbocycles. The second-order valence-corrected chi connectivity index (χ2v) is 4.74. The zero-order valence-corrected chi connectivity index (χ0v) is 11.2. The standard InChI is InChI=1S/C12H15NO5S/c1-18-4-5-19-7-11(15)13-8-2-3-10(14)9(6-8)12(16)17/h2-3,6,14H,4-5,7H2,1H3,(H,13,15)(H,16,17). The van der Waals surface area contributed by atoms with Crippen LogP contribution in [0.5, 0.6) is 5.75 Å². The van der Waals surface area contributed by atoms with E-state index in [0.717, 1.165) is 0 Å². The van der Waals surface area contributed by atoms with Crippen LogP contribution in [0.25, 0.3) is 0 Å². The van der Waals surface area contributed by atoms with E-state index in [1.165, 1.54) is 30.0 Å². The Morgan fingerprint density at radius 1 is 1.42 bits per heavy atom. The van der Waals surface area contributed by atoms with Gasteiger partial charge in [0.15, 0.2) is 0 Å². The summed E-state index contributed by atoms with van der Waals surface area (Å²) in [6, 6.07) is 3.89. The van der Waals surface area contributed by atoms with Crippen molar-refractivity contribution in [2.75, 3.05) is 30.5 Å². The topological polar surface area (TPSA) is 95.9 Å². The van der Waals surface area contributed by atoms with Crippen molar-refractivity contribution in [2.45, 2.75) is 0 Å². The summed E-state index contributed by atoms with van der Waals surface area (Å²) in [5.41, 5.74) is 0.0948. The minimum absolute atomic E-state index is 0.233. The fourth-order valence-corrected chi connectivity index (χ4v) is 1.98. The summed E-state index contributed by atoms with van der Waals surface area (Å²) in [7, 11) is 1.59. The highest BCUT2D eigenvalue weighted by molar-refractivity contribution is 7.99. The van der Waals surface area contributed by atoms with Gasteiger partial charge in [-0.05, 0) is 18.2 Å². The minimum Gasteiger partial charge on any atom is -0.507 e. The molecule has 3 N–H and O–H groups in total. The highest BCUT2D eigenvalue weighted by Gasteiger charge is 2.11. The number of amides is 1. The smallest absolute Gasteiger partial charge is 0.339 e. The Balaban J connectivity index is 2.55. The predicted molar refractivity (Wildman–Crippen MR) is 72.9 cm³/mol. The summed E-state index contributed by atoms with van der Waals surface area (Å²) < 4.78 is 4.85. The van der Waals surface area contributed by atoms with Crippen LogP contribution in [-0.4, -0.2) is 47.3 Å². The van der Waals surface area contributed by atoms with E-state index in [1.54, 1.807) is 7.11 Å². The first-order valence-corrected chi connectivity index (χ1v) is 6.63. The summed E-state index contributed by atoms with van der Waals surface area (Å²) >= 11 is 1.42. The van der Waals surface area contributed by atoms with Crippen LogP contribution < -0.4 is 5.32 Å². The van der Waals surface area contributed by atoms with Crippen LogP contribution in [0.15, 0.2) is 18.2 Å². The molecule has 19 heavy (non-hydrogen) atoms. The van der Waals surface area contributed by atoms with Gasteiger partial charge in [0.05, 0.1) is 12.4 Å². The molecule has 7 heteroatoms. The third kappa shape index (κ3) is 5.19. The highest BCUT2D eigenvalue weighted by atomic mass is 32.2. The molecule has 0 heterocycles. The number of hydrogen-bond donors (Lipinski definition) is 3. The van der Waals surface area contributed by atoms with Crippen LogP contribution in [0.1, 0.15) is 10.4 Å². The Hall–Kier alpha value is -1.73. The fraction of sp³-hybridized carbons (Fsp3) is 0.333. The van der Waals surface area contributed by atoms with Crippen molar-refractivity contribution in [3.63, 3.8) is 0 Å². The van der Waals surface area contributed by atoms with Crippen LogP contribution in [0.4, 0.5) is 5.69 Å². The van der Waals surface area contributed by atoms with E-state index in [2.05, 4.69) is 5.32 Å². The predicted octanol–water partition coefficient (Wildman–Crippen LogP) is 1.41. The Morgan fingerprint density at radius 2 is 2.16 bits per heavy atom. The fourth-order valence-electron chi connectivity index (χ4n) is 1.29. The Kier molecular flexibility index (Phi) is 6.17. The molecule has 0 unspecified atom stereocenters. The van der Waals surface area contributed by atoms with Crippen LogP contribution in [0, 0.1) is 0 Å². The lowest BCUT2D eigenvalue weighted by Crippen LogP contribution is -2.15. The number of carboxylic acid groups (broad SMARTS) is 1. The van der Waals surface area contributed by atoms with Gasteiger partial charge in [-0.1, -0.05) is 0 Å². The molecule has 0 aromatic heterocycles.